The second-order valence-corrected chi connectivity index (χ2v) is 6.92. The minimum atomic E-state index is -3.30. The number of hydrogen-bond donors (Lipinski definition) is 1. The van der Waals surface area contributed by atoms with E-state index in [0.717, 1.165) is 5.56 Å². The second kappa shape index (κ2) is 5.84. The van der Waals surface area contributed by atoms with Gasteiger partial charge in [0, 0.05) is 12.6 Å². The molecule has 1 atom stereocenters. The maximum atomic E-state index is 11.8. The summed E-state index contributed by atoms with van der Waals surface area (Å²) < 4.78 is 25.0. The zero-order valence-corrected chi connectivity index (χ0v) is 12.2. The van der Waals surface area contributed by atoms with E-state index < -0.39 is 10.0 Å². The van der Waals surface area contributed by atoms with Crippen LogP contribution < -0.4 is 0 Å². The molecular formula is C11H16BrNO3S. The first kappa shape index (κ1) is 14.5. The first-order chi connectivity index (χ1) is 7.92. The predicted molar refractivity (Wildman–Crippen MR) is 71.6 cm³/mol. The van der Waals surface area contributed by atoms with E-state index in [1.807, 2.05) is 0 Å². The second-order valence-electron chi connectivity index (χ2n) is 3.70. The van der Waals surface area contributed by atoms with Crippen molar-refractivity contribution in [1.82, 2.24) is 4.31 Å². The number of alkyl halides is 1. The van der Waals surface area contributed by atoms with Gasteiger partial charge in [0.25, 0.3) is 0 Å². The molecule has 1 unspecified atom stereocenters. The smallest absolute Gasteiger partial charge is 0.224 e. The van der Waals surface area contributed by atoms with Gasteiger partial charge < -0.3 is 5.11 Å². The maximum Gasteiger partial charge on any atom is 0.224 e. The van der Waals surface area contributed by atoms with E-state index in [4.69, 9.17) is 0 Å². The molecule has 17 heavy (non-hydrogen) atoms. The van der Waals surface area contributed by atoms with Crippen LogP contribution in [0.4, 0.5) is 0 Å². The number of rotatable bonds is 5. The predicted octanol–water partition coefficient (Wildman–Crippen LogP) is 2.46. The molecule has 0 radical (unpaired) electrons. The Balaban J connectivity index is 3.06. The third-order valence-corrected chi connectivity index (χ3v) is 5.89. The minimum absolute atomic E-state index is 0.100. The van der Waals surface area contributed by atoms with E-state index in [0.29, 0.717) is 6.54 Å². The minimum Gasteiger partial charge on any atom is -0.508 e. The van der Waals surface area contributed by atoms with Gasteiger partial charge in [-0.3, -0.25) is 0 Å². The van der Waals surface area contributed by atoms with Crippen LogP contribution in [-0.2, 0) is 10.0 Å². The van der Waals surface area contributed by atoms with Crippen molar-refractivity contribution in [2.24, 2.45) is 0 Å². The molecular weight excluding hydrogens is 306 g/mol. The average Bonchev–Trinajstić information content (AvgIpc) is 2.29. The summed E-state index contributed by atoms with van der Waals surface area (Å²) in [5.74, 6) is 0.140. The lowest BCUT2D eigenvalue weighted by molar-refractivity contribution is 0.358. The van der Waals surface area contributed by atoms with Crippen LogP contribution in [0, 0.1) is 0 Å². The standard InChI is InChI=1S/C11H16BrNO3S/c1-3-13(17(15,16)8-12)9(2)10-5-4-6-11(14)7-10/h4-7,9,14H,3,8H2,1-2H3. The van der Waals surface area contributed by atoms with Crippen LogP contribution in [0.5, 0.6) is 5.75 Å². The Hall–Kier alpha value is -0.590. The number of aromatic hydroxyl groups is 1. The van der Waals surface area contributed by atoms with Gasteiger partial charge in [0.05, 0.1) is 0 Å². The van der Waals surface area contributed by atoms with Crippen LogP contribution in [0.15, 0.2) is 24.3 Å². The molecule has 0 saturated carbocycles. The number of benzene rings is 1. The monoisotopic (exact) mass is 321 g/mol. The van der Waals surface area contributed by atoms with Crippen molar-refractivity contribution in [3.63, 3.8) is 0 Å². The van der Waals surface area contributed by atoms with Gasteiger partial charge in [-0.1, -0.05) is 35.0 Å². The highest BCUT2D eigenvalue weighted by Gasteiger charge is 2.25. The molecule has 0 amide bonds. The molecule has 1 aromatic carbocycles. The van der Waals surface area contributed by atoms with E-state index in [-0.39, 0.29) is 16.5 Å². The Labute approximate surface area is 110 Å². The number of phenols is 1. The fraction of sp³-hybridized carbons (Fsp3) is 0.455. The number of halogens is 1. The molecule has 0 fully saturated rings. The van der Waals surface area contributed by atoms with E-state index in [2.05, 4.69) is 15.9 Å². The van der Waals surface area contributed by atoms with Gasteiger partial charge in [-0.25, -0.2) is 8.42 Å². The van der Waals surface area contributed by atoms with Crippen molar-refractivity contribution >= 4 is 26.0 Å². The van der Waals surface area contributed by atoms with Gasteiger partial charge in [-0.15, -0.1) is 0 Å². The van der Waals surface area contributed by atoms with Gasteiger partial charge in [0.2, 0.25) is 10.0 Å². The molecule has 0 aliphatic heterocycles. The first-order valence-electron chi connectivity index (χ1n) is 5.26. The van der Waals surface area contributed by atoms with Crippen LogP contribution in [0.25, 0.3) is 0 Å². The molecule has 96 valence electrons. The zero-order valence-electron chi connectivity index (χ0n) is 9.80. The third kappa shape index (κ3) is 3.43. The number of nitrogens with zero attached hydrogens (tertiary/aromatic N) is 1. The van der Waals surface area contributed by atoms with Crippen molar-refractivity contribution in [2.75, 3.05) is 11.2 Å². The van der Waals surface area contributed by atoms with Gasteiger partial charge in [-0.05, 0) is 24.6 Å². The van der Waals surface area contributed by atoms with E-state index in [9.17, 15) is 13.5 Å². The molecule has 1 rings (SSSR count). The zero-order chi connectivity index (χ0) is 13.1. The van der Waals surface area contributed by atoms with Gasteiger partial charge in [0.1, 0.15) is 10.4 Å². The number of sulfonamides is 1. The van der Waals surface area contributed by atoms with Gasteiger partial charge in [0.15, 0.2) is 0 Å². The fourth-order valence-corrected chi connectivity index (χ4v) is 3.64. The van der Waals surface area contributed by atoms with Crippen LogP contribution in [-0.4, -0.2) is 29.0 Å². The Morgan fingerprint density at radius 1 is 1.47 bits per heavy atom. The molecule has 0 saturated heterocycles. The largest absolute Gasteiger partial charge is 0.508 e. The van der Waals surface area contributed by atoms with E-state index in [1.165, 1.54) is 4.31 Å². The molecule has 0 aliphatic carbocycles. The fourth-order valence-electron chi connectivity index (χ4n) is 1.73. The summed E-state index contributed by atoms with van der Waals surface area (Å²) in [6, 6.07) is 6.35. The molecule has 6 heteroatoms. The van der Waals surface area contributed by atoms with Crippen LogP contribution >= 0.6 is 15.9 Å². The lowest BCUT2D eigenvalue weighted by Gasteiger charge is -2.26. The molecule has 0 spiro atoms. The highest BCUT2D eigenvalue weighted by atomic mass is 79.9. The van der Waals surface area contributed by atoms with Crippen LogP contribution in [0.2, 0.25) is 0 Å². The number of phenolic OH excluding ortho intramolecular Hbond substituents is 1. The Morgan fingerprint density at radius 2 is 2.12 bits per heavy atom. The Morgan fingerprint density at radius 3 is 2.59 bits per heavy atom. The lowest BCUT2D eigenvalue weighted by Crippen LogP contribution is -2.34. The van der Waals surface area contributed by atoms with E-state index in [1.54, 1.807) is 38.1 Å². The molecule has 0 bridgehead atoms. The van der Waals surface area contributed by atoms with E-state index >= 15 is 0 Å². The van der Waals surface area contributed by atoms with Gasteiger partial charge in [-0.2, -0.15) is 4.31 Å². The average molecular weight is 322 g/mol. The van der Waals surface area contributed by atoms with Crippen molar-refractivity contribution in [2.45, 2.75) is 19.9 Å². The summed E-state index contributed by atoms with van der Waals surface area (Å²) in [6.45, 7) is 3.99. The van der Waals surface area contributed by atoms with Crippen LogP contribution in [0.1, 0.15) is 25.5 Å². The number of hydrogen-bond acceptors (Lipinski definition) is 3. The van der Waals surface area contributed by atoms with Crippen molar-refractivity contribution in [1.29, 1.82) is 0 Å². The molecule has 4 nitrogen and oxygen atoms in total. The van der Waals surface area contributed by atoms with Crippen molar-refractivity contribution in [3.8, 4) is 5.75 Å². The summed E-state index contributed by atoms with van der Waals surface area (Å²) >= 11 is 2.99. The molecule has 0 heterocycles. The summed E-state index contributed by atoms with van der Waals surface area (Å²) in [6.07, 6.45) is 0. The third-order valence-electron chi connectivity index (χ3n) is 2.59. The van der Waals surface area contributed by atoms with Crippen molar-refractivity contribution < 1.29 is 13.5 Å². The molecule has 1 N–H and O–H groups in total. The highest BCUT2D eigenvalue weighted by Crippen LogP contribution is 2.26. The summed E-state index contributed by atoms with van der Waals surface area (Å²) in [7, 11) is -3.30. The maximum absolute atomic E-state index is 11.8. The molecule has 0 aliphatic rings. The van der Waals surface area contributed by atoms with Crippen molar-refractivity contribution in [3.05, 3.63) is 29.8 Å². The molecule has 1 aromatic rings. The lowest BCUT2D eigenvalue weighted by atomic mass is 10.1. The van der Waals surface area contributed by atoms with Crippen LogP contribution in [0.3, 0.4) is 0 Å². The molecule has 0 aromatic heterocycles. The quantitative estimate of drug-likeness (QED) is 0.847. The summed E-state index contributed by atoms with van der Waals surface area (Å²) in [4.78, 5) is 0. The summed E-state index contributed by atoms with van der Waals surface area (Å²) in [5.41, 5.74) is 0.774. The van der Waals surface area contributed by atoms with Gasteiger partial charge >= 0.3 is 0 Å². The Bertz CT molecular complexity index is 475. The first-order valence-corrected chi connectivity index (χ1v) is 8.00. The highest BCUT2D eigenvalue weighted by molar-refractivity contribution is 9.10. The SMILES string of the molecule is CCN(C(C)c1cccc(O)c1)S(=O)(=O)CBr. The Kier molecular flexibility index (Phi) is 4.97. The normalized spacial score (nSPS) is 13.9. The summed E-state index contributed by atoms with van der Waals surface area (Å²) in [5, 5.41) is 9.40. The topological polar surface area (TPSA) is 57.6 Å².